The lowest BCUT2D eigenvalue weighted by Crippen LogP contribution is -2.48. The van der Waals surface area contributed by atoms with Crippen molar-refractivity contribution >= 4 is 0 Å². The number of aliphatic hydroxyl groups excluding tert-OH is 1. The highest BCUT2D eigenvalue weighted by molar-refractivity contribution is 4.88. The second-order valence-electron chi connectivity index (χ2n) is 6.60. The largest absolute Gasteiger partial charge is 0.395 e. The Hall–Kier alpha value is -0.120. The summed E-state index contributed by atoms with van der Waals surface area (Å²) in [5.74, 6) is 0. The van der Waals surface area contributed by atoms with Crippen LogP contribution in [0.4, 0.5) is 0 Å². The van der Waals surface area contributed by atoms with Crippen LogP contribution in [0, 0.1) is 5.41 Å². The molecule has 0 radical (unpaired) electrons. The summed E-state index contributed by atoms with van der Waals surface area (Å²) in [5, 5.41) is 12.8. The van der Waals surface area contributed by atoms with Gasteiger partial charge in [0.05, 0.1) is 6.61 Å². The molecule has 0 unspecified atom stereocenters. The van der Waals surface area contributed by atoms with E-state index in [4.69, 9.17) is 0 Å². The van der Waals surface area contributed by atoms with Crippen molar-refractivity contribution in [3.8, 4) is 0 Å². The van der Waals surface area contributed by atoms with Gasteiger partial charge in [-0.3, -0.25) is 4.90 Å². The van der Waals surface area contributed by atoms with Crippen LogP contribution in [0.15, 0.2) is 0 Å². The minimum absolute atomic E-state index is 0.294. The van der Waals surface area contributed by atoms with Gasteiger partial charge in [-0.25, -0.2) is 0 Å². The summed E-state index contributed by atoms with van der Waals surface area (Å²) in [6.07, 6.45) is 6.74. The zero-order valence-corrected chi connectivity index (χ0v) is 11.4. The van der Waals surface area contributed by atoms with Crippen LogP contribution in [0.3, 0.4) is 0 Å². The molecule has 0 saturated heterocycles. The number of aliphatic hydroxyl groups is 1. The van der Waals surface area contributed by atoms with Crippen LogP contribution in [0.5, 0.6) is 0 Å². The molecule has 0 spiro atoms. The third kappa shape index (κ3) is 4.23. The average molecular weight is 240 g/mol. The number of rotatable bonds is 8. The highest BCUT2D eigenvalue weighted by atomic mass is 16.3. The first-order chi connectivity index (χ1) is 8.11. The highest BCUT2D eigenvalue weighted by Gasteiger charge is 2.31. The second kappa shape index (κ2) is 5.68. The molecule has 0 aromatic heterocycles. The van der Waals surface area contributed by atoms with Crippen molar-refractivity contribution in [2.75, 3.05) is 26.2 Å². The topological polar surface area (TPSA) is 35.5 Å². The first-order valence-corrected chi connectivity index (χ1v) is 7.19. The second-order valence-corrected chi connectivity index (χ2v) is 6.60. The fourth-order valence-corrected chi connectivity index (χ4v) is 2.58. The van der Waals surface area contributed by atoms with Gasteiger partial charge in [0.15, 0.2) is 0 Å². The summed E-state index contributed by atoms with van der Waals surface area (Å²) in [4.78, 5) is 2.50. The molecule has 0 atom stereocenters. The maximum Gasteiger partial charge on any atom is 0.0558 e. The normalized spacial score (nSPS) is 21.9. The van der Waals surface area contributed by atoms with Crippen molar-refractivity contribution in [2.45, 2.75) is 58.0 Å². The smallest absolute Gasteiger partial charge is 0.0558 e. The molecular weight excluding hydrogens is 212 g/mol. The molecule has 2 aliphatic carbocycles. The molecule has 2 N–H and O–H groups in total. The van der Waals surface area contributed by atoms with E-state index in [-0.39, 0.29) is 0 Å². The Morgan fingerprint density at radius 2 is 1.94 bits per heavy atom. The van der Waals surface area contributed by atoms with Crippen LogP contribution >= 0.6 is 0 Å². The molecule has 2 aliphatic rings. The van der Waals surface area contributed by atoms with Gasteiger partial charge in [0.2, 0.25) is 0 Å². The van der Waals surface area contributed by atoms with E-state index in [1.165, 1.54) is 32.1 Å². The third-order valence-electron chi connectivity index (χ3n) is 4.06. The van der Waals surface area contributed by atoms with Crippen LogP contribution in [-0.4, -0.2) is 48.3 Å². The molecule has 2 rings (SSSR count). The Morgan fingerprint density at radius 3 is 2.41 bits per heavy atom. The van der Waals surface area contributed by atoms with Crippen molar-refractivity contribution in [1.82, 2.24) is 10.2 Å². The Bertz CT molecular complexity index is 234. The maximum atomic E-state index is 9.17. The van der Waals surface area contributed by atoms with E-state index in [9.17, 15) is 5.11 Å². The van der Waals surface area contributed by atoms with Gasteiger partial charge in [-0.15, -0.1) is 0 Å². The van der Waals surface area contributed by atoms with Gasteiger partial charge < -0.3 is 10.4 Å². The number of hydrogen-bond acceptors (Lipinski definition) is 3. The van der Waals surface area contributed by atoms with Gasteiger partial charge in [-0.2, -0.15) is 0 Å². The quantitative estimate of drug-likeness (QED) is 0.676. The molecule has 17 heavy (non-hydrogen) atoms. The fraction of sp³-hybridized carbons (Fsp3) is 1.00. The Balaban J connectivity index is 1.76. The molecule has 100 valence electrons. The monoisotopic (exact) mass is 240 g/mol. The van der Waals surface area contributed by atoms with E-state index in [2.05, 4.69) is 24.1 Å². The van der Waals surface area contributed by atoms with Crippen LogP contribution in [-0.2, 0) is 0 Å². The van der Waals surface area contributed by atoms with E-state index in [1.807, 2.05) is 0 Å². The Labute approximate surface area is 106 Å². The SMILES string of the molecule is CC(C)(CNC1CC1)CN(CCO)C1CCC1. The molecule has 3 nitrogen and oxygen atoms in total. The summed E-state index contributed by atoms with van der Waals surface area (Å²) >= 11 is 0. The Morgan fingerprint density at radius 1 is 1.24 bits per heavy atom. The lowest BCUT2D eigenvalue weighted by atomic mass is 9.87. The molecule has 0 aromatic rings. The van der Waals surface area contributed by atoms with Crippen molar-refractivity contribution in [1.29, 1.82) is 0 Å². The van der Waals surface area contributed by atoms with Crippen molar-refractivity contribution in [2.24, 2.45) is 5.41 Å². The summed E-state index contributed by atoms with van der Waals surface area (Å²) in [6, 6.07) is 1.53. The van der Waals surface area contributed by atoms with Crippen molar-refractivity contribution in [3.05, 3.63) is 0 Å². The molecule has 0 bridgehead atoms. The molecule has 0 amide bonds. The predicted octanol–water partition coefficient (Wildman–Crippen LogP) is 1.61. The molecule has 0 aromatic carbocycles. The van der Waals surface area contributed by atoms with Crippen LogP contribution < -0.4 is 5.32 Å². The fourth-order valence-electron chi connectivity index (χ4n) is 2.58. The molecule has 2 fully saturated rings. The van der Waals surface area contributed by atoms with E-state index in [0.717, 1.165) is 31.7 Å². The van der Waals surface area contributed by atoms with Crippen LogP contribution in [0.25, 0.3) is 0 Å². The third-order valence-corrected chi connectivity index (χ3v) is 4.06. The lowest BCUT2D eigenvalue weighted by Gasteiger charge is -2.41. The summed E-state index contributed by atoms with van der Waals surface area (Å²) in [7, 11) is 0. The maximum absolute atomic E-state index is 9.17. The minimum Gasteiger partial charge on any atom is -0.395 e. The van der Waals surface area contributed by atoms with Gasteiger partial charge in [-0.1, -0.05) is 20.3 Å². The zero-order valence-electron chi connectivity index (χ0n) is 11.4. The summed E-state index contributed by atoms with van der Waals surface area (Å²) < 4.78 is 0. The van der Waals surface area contributed by atoms with Crippen LogP contribution in [0.2, 0.25) is 0 Å². The van der Waals surface area contributed by atoms with Gasteiger partial charge in [0.25, 0.3) is 0 Å². The van der Waals surface area contributed by atoms with E-state index in [1.54, 1.807) is 0 Å². The number of nitrogens with one attached hydrogen (secondary N) is 1. The van der Waals surface area contributed by atoms with Gasteiger partial charge in [-0.05, 0) is 31.1 Å². The highest BCUT2D eigenvalue weighted by Crippen LogP contribution is 2.28. The molecule has 0 heterocycles. The predicted molar refractivity (Wildman–Crippen MR) is 71.1 cm³/mol. The summed E-state index contributed by atoms with van der Waals surface area (Å²) in [6.45, 7) is 8.03. The van der Waals surface area contributed by atoms with Crippen LogP contribution in [0.1, 0.15) is 46.0 Å². The van der Waals surface area contributed by atoms with Gasteiger partial charge >= 0.3 is 0 Å². The minimum atomic E-state index is 0.294. The van der Waals surface area contributed by atoms with Crippen molar-refractivity contribution in [3.63, 3.8) is 0 Å². The van der Waals surface area contributed by atoms with Crippen molar-refractivity contribution < 1.29 is 5.11 Å². The molecule has 3 heteroatoms. The first kappa shape index (κ1) is 13.3. The summed E-state index contributed by atoms with van der Waals surface area (Å²) in [5.41, 5.74) is 0.313. The standard InChI is InChI=1S/C14H28N2O/c1-14(2,10-15-12-6-7-12)11-16(8-9-17)13-4-3-5-13/h12-13,15,17H,3-11H2,1-2H3. The van der Waals surface area contributed by atoms with E-state index in [0.29, 0.717) is 12.0 Å². The molecule has 2 saturated carbocycles. The zero-order chi connectivity index (χ0) is 12.3. The number of nitrogens with zero attached hydrogens (tertiary/aromatic N) is 1. The van der Waals surface area contributed by atoms with Gasteiger partial charge in [0, 0.05) is 31.7 Å². The first-order valence-electron chi connectivity index (χ1n) is 7.19. The number of hydrogen-bond donors (Lipinski definition) is 2. The van der Waals surface area contributed by atoms with E-state index >= 15 is 0 Å². The average Bonchev–Trinajstić information content (AvgIpc) is 2.95. The van der Waals surface area contributed by atoms with Gasteiger partial charge in [0.1, 0.15) is 0 Å². The molecular formula is C14H28N2O. The van der Waals surface area contributed by atoms with E-state index < -0.39 is 0 Å². The lowest BCUT2D eigenvalue weighted by molar-refractivity contribution is 0.0640. The molecule has 0 aliphatic heterocycles. The Kier molecular flexibility index (Phi) is 4.45.